The second-order valence-electron chi connectivity index (χ2n) is 7.49. The SMILES string of the molecule is COc1ccc(-c2csc(N3CCN(S(=O)(=O)c4ccc(OC)cc4OC)CC3)n2)c(OC)c1. The van der Waals surface area contributed by atoms with Crippen molar-refractivity contribution < 1.29 is 27.4 Å². The van der Waals surface area contributed by atoms with Crippen molar-refractivity contribution in [2.75, 3.05) is 59.5 Å². The van der Waals surface area contributed by atoms with Gasteiger partial charge in [-0.05, 0) is 24.3 Å². The molecule has 3 aromatic rings. The van der Waals surface area contributed by atoms with Gasteiger partial charge in [-0.25, -0.2) is 13.4 Å². The van der Waals surface area contributed by atoms with Crippen molar-refractivity contribution in [3.63, 3.8) is 0 Å². The molecule has 0 bridgehead atoms. The monoisotopic (exact) mass is 505 g/mol. The van der Waals surface area contributed by atoms with Crippen LogP contribution in [0.2, 0.25) is 0 Å². The second kappa shape index (κ2) is 10.1. The van der Waals surface area contributed by atoms with Gasteiger partial charge in [0.15, 0.2) is 5.13 Å². The molecular formula is C23H27N3O6S2. The van der Waals surface area contributed by atoms with Crippen LogP contribution in [0.4, 0.5) is 5.13 Å². The van der Waals surface area contributed by atoms with Crippen LogP contribution in [0.3, 0.4) is 0 Å². The molecule has 1 aliphatic heterocycles. The van der Waals surface area contributed by atoms with Gasteiger partial charge >= 0.3 is 0 Å². The van der Waals surface area contributed by atoms with Gasteiger partial charge in [0.25, 0.3) is 0 Å². The summed E-state index contributed by atoms with van der Waals surface area (Å²) in [6, 6.07) is 10.3. The average Bonchev–Trinajstić information content (AvgIpc) is 3.38. The van der Waals surface area contributed by atoms with Crippen molar-refractivity contribution in [1.29, 1.82) is 0 Å². The first-order valence-electron chi connectivity index (χ1n) is 10.6. The Labute approximate surface area is 203 Å². The quantitative estimate of drug-likeness (QED) is 0.460. The molecule has 11 heteroatoms. The number of hydrogen-bond donors (Lipinski definition) is 0. The van der Waals surface area contributed by atoms with Crippen molar-refractivity contribution in [3.05, 3.63) is 41.8 Å². The molecule has 4 rings (SSSR count). The van der Waals surface area contributed by atoms with Gasteiger partial charge in [-0.1, -0.05) is 0 Å². The summed E-state index contributed by atoms with van der Waals surface area (Å²) < 4.78 is 49.3. The average molecular weight is 506 g/mol. The Morgan fingerprint density at radius 1 is 0.824 bits per heavy atom. The minimum atomic E-state index is -3.71. The maximum absolute atomic E-state index is 13.3. The number of benzene rings is 2. The van der Waals surface area contributed by atoms with Gasteiger partial charge in [0.1, 0.15) is 27.9 Å². The molecule has 182 valence electrons. The molecule has 0 saturated carbocycles. The van der Waals surface area contributed by atoms with Crippen molar-refractivity contribution >= 4 is 26.5 Å². The molecule has 1 aromatic heterocycles. The van der Waals surface area contributed by atoms with E-state index in [1.165, 1.54) is 35.9 Å². The molecule has 0 spiro atoms. The maximum atomic E-state index is 13.3. The van der Waals surface area contributed by atoms with E-state index in [4.69, 9.17) is 23.9 Å². The topological polar surface area (TPSA) is 90.4 Å². The third kappa shape index (κ3) is 4.63. The summed E-state index contributed by atoms with van der Waals surface area (Å²) in [5.41, 5.74) is 1.68. The van der Waals surface area contributed by atoms with E-state index in [2.05, 4.69) is 4.90 Å². The fourth-order valence-corrected chi connectivity index (χ4v) is 6.23. The highest BCUT2D eigenvalue weighted by Crippen LogP contribution is 2.36. The number of piperazine rings is 1. The van der Waals surface area contributed by atoms with Gasteiger partial charge < -0.3 is 23.8 Å². The Bertz CT molecular complexity index is 1250. The van der Waals surface area contributed by atoms with Crippen LogP contribution in [0.1, 0.15) is 0 Å². The molecule has 0 atom stereocenters. The van der Waals surface area contributed by atoms with Crippen molar-refractivity contribution in [3.8, 4) is 34.3 Å². The minimum Gasteiger partial charge on any atom is -0.497 e. The summed E-state index contributed by atoms with van der Waals surface area (Å²) in [6.07, 6.45) is 0. The van der Waals surface area contributed by atoms with Gasteiger partial charge in [-0.3, -0.25) is 0 Å². The Morgan fingerprint density at radius 2 is 1.44 bits per heavy atom. The Balaban J connectivity index is 1.48. The van der Waals surface area contributed by atoms with Crippen LogP contribution >= 0.6 is 11.3 Å². The molecule has 1 saturated heterocycles. The van der Waals surface area contributed by atoms with E-state index in [0.717, 1.165) is 16.4 Å². The highest BCUT2D eigenvalue weighted by atomic mass is 32.2. The summed E-state index contributed by atoms with van der Waals surface area (Å²) in [5, 5.41) is 2.82. The highest BCUT2D eigenvalue weighted by molar-refractivity contribution is 7.89. The summed E-state index contributed by atoms with van der Waals surface area (Å²) in [5.74, 6) is 2.19. The third-order valence-corrected chi connectivity index (χ3v) is 8.51. The number of sulfonamides is 1. The summed E-state index contributed by atoms with van der Waals surface area (Å²) in [4.78, 5) is 7.01. The van der Waals surface area contributed by atoms with E-state index < -0.39 is 10.0 Å². The first-order valence-corrected chi connectivity index (χ1v) is 12.9. The zero-order valence-corrected chi connectivity index (χ0v) is 21.1. The first kappa shape index (κ1) is 24.1. The fourth-order valence-electron chi connectivity index (χ4n) is 3.79. The first-order chi connectivity index (χ1) is 16.4. The molecule has 2 heterocycles. The van der Waals surface area contributed by atoms with Crippen molar-refractivity contribution in [1.82, 2.24) is 9.29 Å². The lowest BCUT2D eigenvalue weighted by atomic mass is 10.1. The zero-order valence-electron chi connectivity index (χ0n) is 19.5. The maximum Gasteiger partial charge on any atom is 0.246 e. The highest BCUT2D eigenvalue weighted by Gasteiger charge is 2.32. The molecule has 2 aromatic carbocycles. The van der Waals surface area contributed by atoms with E-state index in [1.54, 1.807) is 26.4 Å². The number of rotatable bonds is 8. The third-order valence-electron chi connectivity index (χ3n) is 5.67. The lowest BCUT2D eigenvalue weighted by Crippen LogP contribution is -2.48. The number of ether oxygens (including phenoxy) is 4. The van der Waals surface area contributed by atoms with Crippen LogP contribution < -0.4 is 23.8 Å². The molecule has 0 N–H and O–H groups in total. The molecule has 0 radical (unpaired) electrons. The molecule has 1 aliphatic rings. The van der Waals surface area contributed by atoms with Gasteiger partial charge in [0.2, 0.25) is 10.0 Å². The van der Waals surface area contributed by atoms with E-state index in [-0.39, 0.29) is 10.6 Å². The Hall–Kier alpha value is -3.02. The van der Waals surface area contributed by atoms with Gasteiger partial charge in [-0.15, -0.1) is 11.3 Å². The summed E-state index contributed by atoms with van der Waals surface area (Å²) in [6.45, 7) is 1.76. The number of aromatic nitrogens is 1. The van der Waals surface area contributed by atoms with Crippen LogP contribution in [0.15, 0.2) is 46.7 Å². The number of methoxy groups -OCH3 is 4. The predicted molar refractivity (Wildman–Crippen MR) is 131 cm³/mol. The Morgan fingerprint density at radius 3 is 2.06 bits per heavy atom. The van der Waals surface area contributed by atoms with E-state index >= 15 is 0 Å². The van der Waals surface area contributed by atoms with Crippen LogP contribution in [-0.4, -0.2) is 72.3 Å². The zero-order chi connectivity index (χ0) is 24.3. The number of thiazole rings is 1. The molecule has 0 unspecified atom stereocenters. The smallest absolute Gasteiger partial charge is 0.246 e. The lowest BCUT2D eigenvalue weighted by Gasteiger charge is -2.34. The second-order valence-corrected chi connectivity index (χ2v) is 10.2. The van der Waals surface area contributed by atoms with Crippen molar-refractivity contribution in [2.24, 2.45) is 0 Å². The predicted octanol–water partition coefficient (Wildman–Crippen LogP) is 3.36. The Kier molecular flexibility index (Phi) is 7.15. The van der Waals surface area contributed by atoms with Gasteiger partial charge in [0, 0.05) is 49.3 Å². The van der Waals surface area contributed by atoms with Crippen LogP contribution in [0.5, 0.6) is 23.0 Å². The molecule has 34 heavy (non-hydrogen) atoms. The summed E-state index contributed by atoms with van der Waals surface area (Å²) in [7, 11) is 2.49. The van der Waals surface area contributed by atoms with Crippen molar-refractivity contribution in [2.45, 2.75) is 4.90 Å². The molecule has 0 aliphatic carbocycles. The van der Waals surface area contributed by atoms with E-state index in [9.17, 15) is 8.42 Å². The standard InChI is InChI=1S/C23H27N3O6S2/c1-29-16-5-7-18(20(13-16)31-3)19-15-33-23(24-19)25-9-11-26(12-10-25)34(27,28)22-8-6-17(30-2)14-21(22)32-4/h5-8,13-15H,9-12H2,1-4H3. The van der Waals surface area contributed by atoms with Crippen LogP contribution in [-0.2, 0) is 10.0 Å². The minimum absolute atomic E-state index is 0.132. The van der Waals surface area contributed by atoms with Gasteiger partial charge in [-0.2, -0.15) is 4.31 Å². The molecule has 1 fully saturated rings. The van der Waals surface area contributed by atoms with Gasteiger partial charge in [0.05, 0.1) is 34.1 Å². The fraction of sp³-hybridized carbons (Fsp3) is 0.348. The number of anilines is 1. The van der Waals surface area contributed by atoms with Crippen LogP contribution in [0.25, 0.3) is 11.3 Å². The normalized spacial score (nSPS) is 14.6. The number of nitrogens with zero attached hydrogens (tertiary/aromatic N) is 3. The lowest BCUT2D eigenvalue weighted by molar-refractivity contribution is 0.370. The van der Waals surface area contributed by atoms with Crippen LogP contribution in [0, 0.1) is 0 Å². The number of hydrogen-bond acceptors (Lipinski definition) is 9. The van der Waals surface area contributed by atoms with E-state index in [0.29, 0.717) is 43.4 Å². The summed E-state index contributed by atoms with van der Waals surface area (Å²) >= 11 is 1.52. The molecular weight excluding hydrogens is 478 g/mol. The molecule has 9 nitrogen and oxygen atoms in total. The molecule has 0 amide bonds. The largest absolute Gasteiger partial charge is 0.497 e. The van der Waals surface area contributed by atoms with E-state index in [1.807, 2.05) is 23.6 Å².